The van der Waals surface area contributed by atoms with Crippen LogP contribution in [0.25, 0.3) is 0 Å². The Balaban J connectivity index is 1.92. The van der Waals surface area contributed by atoms with Crippen LogP contribution in [0.2, 0.25) is 0 Å². The summed E-state index contributed by atoms with van der Waals surface area (Å²) in [5, 5.41) is 6.69. The highest BCUT2D eigenvalue weighted by atomic mass is 32.2. The van der Waals surface area contributed by atoms with Gasteiger partial charge in [-0.3, -0.25) is 4.99 Å². The summed E-state index contributed by atoms with van der Waals surface area (Å²) >= 11 is 1.71. The Morgan fingerprint density at radius 1 is 1.56 bits per heavy atom. The molecule has 3 heteroatoms. The van der Waals surface area contributed by atoms with E-state index in [0.29, 0.717) is 5.92 Å². The molecule has 0 saturated carbocycles. The van der Waals surface area contributed by atoms with Gasteiger partial charge in [-0.15, -0.1) is 0 Å². The zero-order chi connectivity index (χ0) is 11.4. The van der Waals surface area contributed by atoms with Gasteiger partial charge in [0.05, 0.1) is 17.6 Å². The van der Waals surface area contributed by atoms with Crippen molar-refractivity contribution in [3.63, 3.8) is 0 Å². The quantitative estimate of drug-likeness (QED) is 0.811. The van der Waals surface area contributed by atoms with Crippen molar-refractivity contribution in [3.8, 4) is 0 Å². The maximum atomic E-state index is 4.49. The van der Waals surface area contributed by atoms with Gasteiger partial charge in [0.15, 0.2) is 0 Å². The van der Waals surface area contributed by atoms with Crippen LogP contribution in [0, 0.1) is 5.92 Å². The number of nitrogens with one attached hydrogen (secondary N) is 1. The molecule has 16 heavy (non-hydrogen) atoms. The molecule has 0 aliphatic carbocycles. The lowest BCUT2D eigenvalue weighted by Gasteiger charge is -2.21. The lowest BCUT2D eigenvalue weighted by molar-refractivity contribution is 0.642. The smallest absolute Gasteiger partial charge is 0.0984 e. The average Bonchev–Trinajstić information content (AvgIpc) is 2.30. The summed E-state index contributed by atoms with van der Waals surface area (Å²) in [5.74, 6) is 0.707. The molecule has 0 aromatic carbocycles. The van der Waals surface area contributed by atoms with Crippen LogP contribution in [0.1, 0.15) is 20.3 Å². The zero-order valence-corrected chi connectivity index (χ0v) is 10.6. The number of dihydropyridines is 1. The fourth-order valence-electron chi connectivity index (χ4n) is 1.78. The van der Waals surface area contributed by atoms with Crippen LogP contribution in [0.5, 0.6) is 0 Å². The number of hydrogen-bond acceptors (Lipinski definition) is 3. The topological polar surface area (TPSA) is 24.4 Å². The second kappa shape index (κ2) is 5.39. The minimum atomic E-state index is 0.269. The number of aliphatic imine (C=N–C) groups is 1. The summed E-state index contributed by atoms with van der Waals surface area (Å²) in [6, 6.07) is 0.269. The maximum absolute atomic E-state index is 4.49. The number of nitrogens with zero attached hydrogens (tertiary/aromatic N) is 1. The molecule has 0 aromatic rings. The fourth-order valence-corrected chi connectivity index (χ4v) is 2.55. The molecule has 1 unspecified atom stereocenters. The molecule has 0 bridgehead atoms. The van der Waals surface area contributed by atoms with Gasteiger partial charge in [-0.25, -0.2) is 0 Å². The fraction of sp³-hybridized carbons (Fsp3) is 0.462. The van der Waals surface area contributed by atoms with E-state index in [1.54, 1.807) is 11.8 Å². The first-order valence-electron chi connectivity index (χ1n) is 5.75. The summed E-state index contributed by atoms with van der Waals surface area (Å²) in [4.78, 5) is 4.49. The molecule has 0 radical (unpaired) electrons. The first-order chi connectivity index (χ1) is 7.75. The van der Waals surface area contributed by atoms with Crippen molar-refractivity contribution in [2.75, 3.05) is 6.54 Å². The molecule has 0 aromatic heterocycles. The van der Waals surface area contributed by atoms with Gasteiger partial charge in [0.2, 0.25) is 0 Å². The Bertz CT molecular complexity index is 364. The van der Waals surface area contributed by atoms with E-state index >= 15 is 0 Å². The molecule has 2 rings (SSSR count). The predicted octanol–water partition coefficient (Wildman–Crippen LogP) is 3.10. The molecule has 86 valence electrons. The van der Waals surface area contributed by atoms with Crippen LogP contribution < -0.4 is 5.32 Å². The summed E-state index contributed by atoms with van der Waals surface area (Å²) in [7, 11) is 0. The lowest BCUT2D eigenvalue weighted by Crippen LogP contribution is -2.32. The second-order valence-electron chi connectivity index (χ2n) is 4.49. The molecule has 2 aliphatic rings. The third kappa shape index (κ3) is 3.01. The molecule has 2 nitrogen and oxygen atoms in total. The van der Waals surface area contributed by atoms with Crippen LogP contribution in [0.15, 0.2) is 40.4 Å². The summed E-state index contributed by atoms with van der Waals surface area (Å²) in [6.07, 6.45) is 9.79. The van der Waals surface area contributed by atoms with Crippen LogP contribution in [-0.2, 0) is 0 Å². The first-order valence-corrected chi connectivity index (χ1v) is 6.63. The Morgan fingerprint density at radius 3 is 3.00 bits per heavy atom. The van der Waals surface area contributed by atoms with E-state index in [1.165, 1.54) is 10.6 Å². The van der Waals surface area contributed by atoms with E-state index in [9.17, 15) is 0 Å². The van der Waals surface area contributed by atoms with E-state index in [-0.39, 0.29) is 6.04 Å². The van der Waals surface area contributed by atoms with E-state index < -0.39 is 0 Å². The van der Waals surface area contributed by atoms with Gasteiger partial charge in [0, 0.05) is 6.20 Å². The van der Waals surface area contributed by atoms with E-state index in [1.807, 2.05) is 0 Å². The van der Waals surface area contributed by atoms with Crippen LogP contribution >= 0.6 is 11.8 Å². The van der Waals surface area contributed by atoms with E-state index in [2.05, 4.69) is 54.0 Å². The minimum Gasteiger partial charge on any atom is -0.379 e. The Morgan fingerprint density at radius 2 is 2.44 bits per heavy atom. The Labute approximate surface area is 102 Å². The second-order valence-corrected chi connectivity index (χ2v) is 5.42. The van der Waals surface area contributed by atoms with E-state index in [4.69, 9.17) is 0 Å². The first kappa shape index (κ1) is 11.5. The van der Waals surface area contributed by atoms with Gasteiger partial charge in [-0.05, 0) is 23.3 Å². The van der Waals surface area contributed by atoms with Gasteiger partial charge in [0.1, 0.15) is 0 Å². The number of hydrogen-bond donors (Lipinski definition) is 1. The van der Waals surface area contributed by atoms with E-state index in [0.717, 1.165) is 13.0 Å². The van der Waals surface area contributed by atoms with Crippen molar-refractivity contribution < 1.29 is 0 Å². The van der Waals surface area contributed by atoms with Gasteiger partial charge in [0.25, 0.3) is 0 Å². The van der Waals surface area contributed by atoms with Crippen molar-refractivity contribution >= 4 is 16.8 Å². The average molecular weight is 234 g/mol. The highest BCUT2D eigenvalue weighted by molar-refractivity contribution is 8.16. The van der Waals surface area contributed by atoms with Gasteiger partial charge in [-0.2, -0.15) is 0 Å². The van der Waals surface area contributed by atoms with Crippen LogP contribution in [0.4, 0.5) is 0 Å². The normalized spacial score (nSPS) is 24.1. The van der Waals surface area contributed by atoms with Gasteiger partial charge in [-0.1, -0.05) is 43.8 Å². The predicted molar refractivity (Wildman–Crippen MR) is 72.6 cm³/mol. The molecular formula is C13H18N2S. The molecule has 0 fully saturated rings. The molecular weight excluding hydrogens is 216 g/mol. The molecule has 2 aliphatic heterocycles. The lowest BCUT2D eigenvalue weighted by atomic mass is 10.0. The van der Waals surface area contributed by atoms with Crippen molar-refractivity contribution in [1.29, 1.82) is 0 Å². The summed E-state index contributed by atoms with van der Waals surface area (Å²) in [6.45, 7) is 5.30. The van der Waals surface area contributed by atoms with Crippen molar-refractivity contribution in [3.05, 3.63) is 35.4 Å². The molecule has 1 N–H and O–H groups in total. The minimum absolute atomic E-state index is 0.269. The van der Waals surface area contributed by atoms with Crippen molar-refractivity contribution in [2.45, 2.75) is 26.3 Å². The zero-order valence-electron chi connectivity index (χ0n) is 9.81. The van der Waals surface area contributed by atoms with Crippen LogP contribution in [0.3, 0.4) is 0 Å². The maximum Gasteiger partial charge on any atom is 0.0984 e. The highest BCUT2D eigenvalue weighted by Crippen LogP contribution is 2.19. The Hall–Kier alpha value is -0.960. The Kier molecular flexibility index (Phi) is 3.88. The molecule has 2 heterocycles. The monoisotopic (exact) mass is 234 g/mol. The SMILES string of the molecule is CC(C)CC1=CNC(C2=NCC=CS2)C=C1. The third-order valence-corrected chi connectivity index (χ3v) is 3.45. The largest absolute Gasteiger partial charge is 0.379 e. The van der Waals surface area contributed by atoms with Gasteiger partial charge < -0.3 is 5.32 Å². The van der Waals surface area contributed by atoms with Crippen molar-refractivity contribution in [2.24, 2.45) is 10.9 Å². The summed E-state index contributed by atoms with van der Waals surface area (Å²) < 4.78 is 0. The van der Waals surface area contributed by atoms with Crippen molar-refractivity contribution in [1.82, 2.24) is 5.32 Å². The number of rotatable bonds is 3. The standard InChI is InChI=1S/C13H18N2S/c1-10(2)8-11-4-5-12(15-9-11)13-14-6-3-7-16-13/h3-5,7,9-10,12,15H,6,8H2,1-2H3. The molecule has 0 saturated heterocycles. The molecule has 0 amide bonds. The number of thioether (sulfide) groups is 1. The highest BCUT2D eigenvalue weighted by Gasteiger charge is 2.15. The summed E-state index contributed by atoms with van der Waals surface area (Å²) in [5.41, 5.74) is 1.38. The third-order valence-electron chi connectivity index (χ3n) is 2.50. The van der Waals surface area contributed by atoms with Crippen LogP contribution in [-0.4, -0.2) is 17.6 Å². The molecule has 1 atom stereocenters. The molecule has 0 spiro atoms. The number of allylic oxidation sites excluding steroid dienone is 2. The van der Waals surface area contributed by atoms with Gasteiger partial charge >= 0.3 is 0 Å².